The molecule has 1 atom stereocenters. The van der Waals surface area contributed by atoms with Crippen LogP contribution in [0.15, 0.2) is 22.7 Å². The van der Waals surface area contributed by atoms with E-state index in [1.165, 1.54) is 43.2 Å². The van der Waals surface area contributed by atoms with E-state index in [1.54, 1.807) is 0 Å². The van der Waals surface area contributed by atoms with E-state index in [9.17, 15) is 0 Å². The molecule has 1 fully saturated rings. The number of hydrogen-bond donors (Lipinski definition) is 0. The second-order valence-electron chi connectivity index (χ2n) is 6.22. The fourth-order valence-electron chi connectivity index (χ4n) is 1.83. The molecule has 0 radical (unpaired) electrons. The largest absolute Gasteiger partial charge is 0.378 e. The van der Waals surface area contributed by atoms with Crippen molar-refractivity contribution in [2.75, 3.05) is 6.61 Å². The van der Waals surface area contributed by atoms with Crippen LogP contribution in [0.25, 0.3) is 0 Å². The number of rotatable bonds is 4. The molecule has 128 valence electrons. The van der Waals surface area contributed by atoms with Crippen LogP contribution in [-0.2, 0) is 4.74 Å². The highest BCUT2D eigenvalue weighted by molar-refractivity contribution is 9.10. The molecule has 2 heteroatoms. The molecule has 1 unspecified atom stereocenters. The predicted molar refractivity (Wildman–Crippen MR) is 103 cm³/mol. The van der Waals surface area contributed by atoms with Gasteiger partial charge in [0.15, 0.2) is 0 Å². The SMILES string of the molecule is CCC(C)CC.CCCC1CCO1.Cc1ccc(Br)cc1C. The zero-order valence-electron chi connectivity index (χ0n) is 15.4. The van der Waals surface area contributed by atoms with Crippen LogP contribution in [0.3, 0.4) is 0 Å². The molecule has 1 aromatic rings. The molecule has 1 heterocycles. The molecule has 0 N–H and O–H groups in total. The lowest BCUT2D eigenvalue weighted by Crippen LogP contribution is -2.25. The van der Waals surface area contributed by atoms with Gasteiger partial charge < -0.3 is 4.74 Å². The lowest BCUT2D eigenvalue weighted by atomic mass is 10.1. The number of benzene rings is 1. The molecule has 0 aromatic heterocycles. The Balaban J connectivity index is 0.000000309. The fraction of sp³-hybridized carbons (Fsp3) is 0.700. The Morgan fingerprint density at radius 2 is 1.73 bits per heavy atom. The Kier molecular flexibility index (Phi) is 12.9. The smallest absolute Gasteiger partial charge is 0.0597 e. The molecule has 0 saturated carbocycles. The van der Waals surface area contributed by atoms with Gasteiger partial charge in [0.2, 0.25) is 0 Å². The minimum Gasteiger partial charge on any atom is -0.378 e. The van der Waals surface area contributed by atoms with Gasteiger partial charge in [-0.05, 0) is 55.9 Å². The minimum absolute atomic E-state index is 0.630. The summed E-state index contributed by atoms with van der Waals surface area (Å²) in [6.45, 7) is 14.2. The summed E-state index contributed by atoms with van der Waals surface area (Å²) >= 11 is 3.40. The average molecular weight is 371 g/mol. The fourth-order valence-corrected chi connectivity index (χ4v) is 2.30. The van der Waals surface area contributed by atoms with Crippen LogP contribution in [0.4, 0.5) is 0 Å². The number of hydrogen-bond acceptors (Lipinski definition) is 1. The van der Waals surface area contributed by atoms with Crippen LogP contribution in [0, 0.1) is 19.8 Å². The normalized spacial score (nSPS) is 16.1. The molecule has 0 amide bonds. The van der Waals surface area contributed by atoms with Crippen molar-refractivity contribution >= 4 is 15.9 Å². The van der Waals surface area contributed by atoms with Crippen molar-refractivity contribution in [3.05, 3.63) is 33.8 Å². The summed E-state index contributed by atoms with van der Waals surface area (Å²) in [5.41, 5.74) is 2.68. The maximum absolute atomic E-state index is 5.17. The third-order valence-corrected chi connectivity index (χ3v) is 4.76. The topological polar surface area (TPSA) is 9.23 Å². The highest BCUT2D eigenvalue weighted by Crippen LogP contribution is 2.15. The Bertz CT molecular complexity index is 381. The van der Waals surface area contributed by atoms with Crippen LogP contribution >= 0.6 is 15.9 Å². The molecular weight excluding hydrogens is 336 g/mol. The summed E-state index contributed by atoms with van der Waals surface area (Å²) < 4.78 is 6.33. The van der Waals surface area contributed by atoms with E-state index in [1.807, 2.05) is 0 Å². The van der Waals surface area contributed by atoms with Gasteiger partial charge in [-0.3, -0.25) is 0 Å². The van der Waals surface area contributed by atoms with Gasteiger partial charge in [0.25, 0.3) is 0 Å². The van der Waals surface area contributed by atoms with Gasteiger partial charge >= 0.3 is 0 Å². The second-order valence-corrected chi connectivity index (χ2v) is 7.14. The maximum Gasteiger partial charge on any atom is 0.0597 e. The summed E-state index contributed by atoms with van der Waals surface area (Å²) in [5, 5.41) is 0. The van der Waals surface area contributed by atoms with Gasteiger partial charge in [0.1, 0.15) is 0 Å². The first-order chi connectivity index (χ1) is 10.4. The quantitative estimate of drug-likeness (QED) is 0.549. The molecular formula is C20H35BrO. The van der Waals surface area contributed by atoms with E-state index in [4.69, 9.17) is 4.74 Å². The molecule has 0 spiro atoms. The summed E-state index contributed by atoms with van der Waals surface area (Å²) in [7, 11) is 0. The van der Waals surface area contributed by atoms with Crippen LogP contribution < -0.4 is 0 Å². The van der Waals surface area contributed by atoms with Gasteiger partial charge in [-0.2, -0.15) is 0 Å². The van der Waals surface area contributed by atoms with E-state index in [0.29, 0.717) is 6.10 Å². The van der Waals surface area contributed by atoms with E-state index in [-0.39, 0.29) is 0 Å². The lowest BCUT2D eigenvalue weighted by Gasteiger charge is -2.25. The van der Waals surface area contributed by atoms with Crippen molar-refractivity contribution in [3.63, 3.8) is 0 Å². The molecule has 1 nitrogen and oxygen atoms in total. The number of ether oxygens (including phenoxy) is 1. The number of aryl methyl sites for hydroxylation is 2. The molecule has 1 aliphatic rings. The Hall–Kier alpha value is -0.340. The molecule has 1 aromatic carbocycles. The van der Waals surface area contributed by atoms with Crippen LogP contribution in [-0.4, -0.2) is 12.7 Å². The lowest BCUT2D eigenvalue weighted by molar-refractivity contribution is -0.0546. The highest BCUT2D eigenvalue weighted by Gasteiger charge is 2.15. The van der Waals surface area contributed by atoms with Crippen molar-refractivity contribution in [2.45, 2.75) is 79.8 Å². The zero-order valence-corrected chi connectivity index (χ0v) is 17.0. The van der Waals surface area contributed by atoms with Gasteiger partial charge in [-0.15, -0.1) is 0 Å². The minimum atomic E-state index is 0.630. The molecule has 2 rings (SSSR count). The van der Waals surface area contributed by atoms with Gasteiger partial charge in [0, 0.05) is 11.1 Å². The first-order valence-electron chi connectivity index (χ1n) is 8.78. The van der Waals surface area contributed by atoms with Crippen molar-refractivity contribution in [1.29, 1.82) is 0 Å². The average Bonchev–Trinajstić information content (AvgIpc) is 2.47. The predicted octanol–water partition coefficient (Wildman–Crippen LogP) is 7.08. The van der Waals surface area contributed by atoms with Crippen molar-refractivity contribution < 1.29 is 4.74 Å². The Morgan fingerprint density at radius 1 is 1.14 bits per heavy atom. The van der Waals surface area contributed by atoms with Crippen LogP contribution in [0.2, 0.25) is 0 Å². The van der Waals surface area contributed by atoms with Gasteiger partial charge in [0.05, 0.1) is 6.10 Å². The van der Waals surface area contributed by atoms with Crippen LogP contribution in [0.5, 0.6) is 0 Å². The van der Waals surface area contributed by atoms with Crippen LogP contribution in [0.1, 0.15) is 70.9 Å². The number of halogens is 1. The first kappa shape index (κ1) is 21.7. The Morgan fingerprint density at radius 3 is 1.95 bits per heavy atom. The second kappa shape index (κ2) is 13.1. The molecule has 0 bridgehead atoms. The monoisotopic (exact) mass is 370 g/mol. The van der Waals surface area contributed by atoms with E-state index in [0.717, 1.165) is 17.0 Å². The molecule has 0 aliphatic carbocycles. The zero-order chi connectivity index (χ0) is 17.0. The molecule has 1 saturated heterocycles. The van der Waals surface area contributed by atoms with Gasteiger partial charge in [-0.1, -0.05) is 69.0 Å². The highest BCUT2D eigenvalue weighted by atomic mass is 79.9. The third kappa shape index (κ3) is 10.4. The van der Waals surface area contributed by atoms with Gasteiger partial charge in [-0.25, -0.2) is 0 Å². The van der Waals surface area contributed by atoms with E-state index < -0.39 is 0 Å². The maximum atomic E-state index is 5.17. The summed E-state index contributed by atoms with van der Waals surface area (Å²) in [6.07, 6.45) is 7.12. The van der Waals surface area contributed by atoms with Crippen molar-refractivity contribution in [2.24, 2.45) is 5.92 Å². The van der Waals surface area contributed by atoms with E-state index >= 15 is 0 Å². The summed E-state index contributed by atoms with van der Waals surface area (Å²) in [5.74, 6) is 0.935. The molecule has 22 heavy (non-hydrogen) atoms. The molecule has 1 aliphatic heterocycles. The standard InChI is InChI=1S/C8H9Br.C6H12O.C6H14/c1-6-3-4-8(9)5-7(6)2;1-2-3-6-4-5-7-6;1-4-6(3)5-2/h3-5H,1-2H3;6H,2-5H2,1H3;6H,4-5H2,1-3H3. The first-order valence-corrected chi connectivity index (χ1v) is 9.58. The van der Waals surface area contributed by atoms with E-state index in [2.05, 4.69) is 75.7 Å². The third-order valence-electron chi connectivity index (χ3n) is 4.27. The van der Waals surface area contributed by atoms with Crippen molar-refractivity contribution in [1.82, 2.24) is 0 Å². The summed E-state index contributed by atoms with van der Waals surface area (Å²) in [4.78, 5) is 0. The summed E-state index contributed by atoms with van der Waals surface area (Å²) in [6, 6.07) is 6.29. The van der Waals surface area contributed by atoms with Crippen molar-refractivity contribution in [3.8, 4) is 0 Å². The Labute approximate surface area is 147 Å².